The summed E-state index contributed by atoms with van der Waals surface area (Å²) in [5.74, 6) is 0.193. The van der Waals surface area contributed by atoms with Gasteiger partial charge in [0.15, 0.2) is 0 Å². The molecule has 0 unspecified atom stereocenters. The zero-order valence-electron chi connectivity index (χ0n) is 5.05. The van der Waals surface area contributed by atoms with Crippen molar-refractivity contribution in [3.63, 3.8) is 0 Å². The van der Waals surface area contributed by atoms with E-state index in [4.69, 9.17) is 0 Å². The second-order valence-corrected chi connectivity index (χ2v) is 2.04. The highest BCUT2D eigenvalue weighted by atomic mass is 16.2. The fourth-order valence-electron chi connectivity index (χ4n) is 0.872. The summed E-state index contributed by atoms with van der Waals surface area (Å²) >= 11 is 0. The van der Waals surface area contributed by atoms with Gasteiger partial charge in [-0.15, -0.1) is 0 Å². The van der Waals surface area contributed by atoms with E-state index in [0.29, 0.717) is 0 Å². The second-order valence-electron chi connectivity index (χ2n) is 2.04. The number of nitrogens with zero attached hydrogens (tertiary/aromatic N) is 1. The summed E-state index contributed by atoms with van der Waals surface area (Å²) < 4.78 is 0. The Kier molecular flexibility index (Phi) is 1.51. The average molecular weight is 112 g/mol. The molecular weight excluding hydrogens is 102 g/mol. The molecule has 0 saturated carbocycles. The lowest BCUT2D eigenvalue weighted by Gasteiger charge is -2.10. The summed E-state index contributed by atoms with van der Waals surface area (Å²) in [4.78, 5) is 12.4. The van der Waals surface area contributed by atoms with Gasteiger partial charge in [-0.1, -0.05) is 0 Å². The highest BCUT2D eigenvalue weighted by Crippen LogP contribution is 2.04. The van der Waals surface area contributed by atoms with Crippen LogP contribution in [0, 0.1) is 6.42 Å². The Morgan fingerprint density at radius 2 is 2.50 bits per heavy atom. The van der Waals surface area contributed by atoms with Crippen LogP contribution in [0.2, 0.25) is 0 Å². The minimum Gasteiger partial charge on any atom is -0.343 e. The summed E-state index contributed by atoms with van der Waals surface area (Å²) in [6.07, 6.45) is 3.20. The van der Waals surface area contributed by atoms with Crippen LogP contribution < -0.4 is 0 Å². The van der Waals surface area contributed by atoms with Crippen molar-refractivity contribution >= 4 is 5.91 Å². The Labute approximate surface area is 49.5 Å². The lowest BCUT2D eigenvalue weighted by Crippen LogP contribution is -2.24. The molecule has 1 saturated heterocycles. The lowest BCUT2D eigenvalue weighted by atomic mass is 10.4. The molecule has 1 rings (SSSR count). The van der Waals surface area contributed by atoms with Gasteiger partial charge >= 0.3 is 0 Å². The quantitative estimate of drug-likeness (QED) is 0.445. The van der Waals surface area contributed by atoms with E-state index in [1.807, 2.05) is 4.90 Å². The number of carbonyl (C=O) groups is 1. The van der Waals surface area contributed by atoms with Gasteiger partial charge in [0.2, 0.25) is 5.91 Å². The second kappa shape index (κ2) is 2.16. The van der Waals surface area contributed by atoms with E-state index in [2.05, 4.69) is 6.42 Å². The molecule has 1 fully saturated rings. The minimum absolute atomic E-state index is 0.193. The van der Waals surface area contributed by atoms with Crippen LogP contribution in [0.5, 0.6) is 0 Å². The van der Waals surface area contributed by atoms with Crippen LogP contribution in [0.4, 0.5) is 0 Å². The van der Waals surface area contributed by atoms with Crippen LogP contribution in [0.1, 0.15) is 13.3 Å². The highest BCUT2D eigenvalue weighted by Gasteiger charge is 2.12. The number of rotatable bonds is 0. The maximum atomic E-state index is 10.6. The fourth-order valence-corrected chi connectivity index (χ4v) is 0.872. The highest BCUT2D eigenvalue weighted by molar-refractivity contribution is 5.73. The van der Waals surface area contributed by atoms with Crippen molar-refractivity contribution in [1.29, 1.82) is 0 Å². The maximum Gasteiger partial charge on any atom is 0.219 e. The molecule has 0 bridgehead atoms. The summed E-state index contributed by atoms with van der Waals surface area (Å²) in [5, 5.41) is 0. The summed E-state index contributed by atoms with van der Waals surface area (Å²) in [6, 6.07) is 0. The molecule has 2 nitrogen and oxygen atoms in total. The first kappa shape index (κ1) is 5.60. The monoisotopic (exact) mass is 112 g/mol. The van der Waals surface area contributed by atoms with Crippen LogP contribution in [-0.2, 0) is 4.79 Å². The third-order valence-corrected chi connectivity index (χ3v) is 1.40. The number of likely N-dealkylation sites (tertiary alicyclic amines) is 1. The van der Waals surface area contributed by atoms with Gasteiger partial charge in [0, 0.05) is 20.0 Å². The normalized spacial score (nSPS) is 19.4. The molecule has 0 atom stereocenters. The minimum atomic E-state index is 0.193. The van der Waals surface area contributed by atoms with Crippen LogP contribution in [0.25, 0.3) is 0 Å². The van der Waals surface area contributed by atoms with Crippen LogP contribution in [0.15, 0.2) is 0 Å². The van der Waals surface area contributed by atoms with Gasteiger partial charge in [0.25, 0.3) is 0 Å². The Hall–Kier alpha value is -0.530. The third-order valence-electron chi connectivity index (χ3n) is 1.40. The first-order valence-electron chi connectivity index (χ1n) is 2.88. The van der Waals surface area contributed by atoms with Crippen molar-refractivity contribution in [2.45, 2.75) is 13.3 Å². The van der Waals surface area contributed by atoms with Gasteiger partial charge in [-0.3, -0.25) is 4.79 Å². The number of amides is 1. The lowest BCUT2D eigenvalue weighted by molar-refractivity contribution is -0.127. The first-order valence-corrected chi connectivity index (χ1v) is 2.88. The molecule has 1 radical (unpaired) electrons. The Bertz CT molecular complexity index is 94.7. The van der Waals surface area contributed by atoms with E-state index in [1.54, 1.807) is 6.92 Å². The van der Waals surface area contributed by atoms with E-state index >= 15 is 0 Å². The predicted molar refractivity (Wildman–Crippen MR) is 31.2 cm³/mol. The zero-order valence-corrected chi connectivity index (χ0v) is 5.05. The third kappa shape index (κ3) is 0.997. The molecule has 1 aliphatic heterocycles. The van der Waals surface area contributed by atoms with E-state index in [0.717, 1.165) is 19.5 Å². The summed E-state index contributed by atoms with van der Waals surface area (Å²) in [5.41, 5.74) is 0. The van der Waals surface area contributed by atoms with Crippen LogP contribution in [-0.4, -0.2) is 23.9 Å². The number of hydrogen-bond acceptors (Lipinski definition) is 1. The molecular formula is C6H10NO. The molecule has 1 amide bonds. The molecule has 1 aliphatic rings. The van der Waals surface area contributed by atoms with Gasteiger partial charge in [-0.25, -0.2) is 0 Å². The molecule has 0 aromatic heterocycles. The topological polar surface area (TPSA) is 20.3 Å². The molecule has 8 heavy (non-hydrogen) atoms. The maximum absolute atomic E-state index is 10.6. The van der Waals surface area contributed by atoms with Crippen molar-refractivity contribution in [3.8, 4) is 0 Å². The van der Waals surface area contributed by atoms with Crippen molar-refractivity contribution in [2.24, 2.45) is 0 Å². The number of carbonyl (C=O) groups excluding carboxylic acids is 1. The van der Waals surface area contributed by atoms with Crippen LogP contribution in [0.3, 0.4) is 0 Å². The molecule has 0 aliphatic carbocycles. The Morgan fingerprint density at radius 1 is 1.75 bits per heavy atom. The SMILES string of the molecule is CC(=O)N1C[CH]CC1. The van der Waals surface area contributed by atoms with Gasteiger partial charge < -0.3 is 4.90 Å². The molecule has 0 aromatic rings. The Morgan fingerprint density at radius 3 is 2.75 bits per heavy atom. The zero-order chi connectivity index (χ0) is 5.98. The predicted octanol–water partition coefficient (Wildman–Crippen LogP) is 0.443. The summed E-state index contributed by atoms with van der Waals surface area (Å²) in [6.45, 7) is 3.39. The van der Waals surface area contributed by atoms with Crippen molar-refractivity contribution in [1.82, 2.24) is 4.90 Å². The average Bonchev–Trinajstić information content (AvgIpc) is 2.12. The summed E-state index contributed by atoms with van der Waals surface area (Å²) in [7, 11) is 0. The van der Waals surface area contributed by atoms with Crippen molar-refractivity contribution in [3.05, 3.63) is 6.42 Å². The van der Waals surface area contributed by atoms with Crippen LogP contribution >= 0.6 is 0 Å². The standard InChI is InChI=1S/C6H10NO/c1-6(8)7-4-2-3-5-7/h2H,3-5H2,1H3. The largest absolute Gasteiger partial charge is 0.343 e. The molecule has 0 aromatic carbocycles. The molecule has 1 heterocycles. The van der Waals surface area contributed by atoms with Crippen molar-refractivity contribution < 1.29 is 4.79 Å². The van der Waals surface area contributed by atoms with E-state index < -0.39 is 0 Å². The fraction of sp³-hybridized carbons (Fsp3) is 0.667. The molecule has 0 spiro atoms. The smallest absolute Gasteiger partial charge is 0.219 e. The van der Waals surface area contributed by atoms with Crippen molar-refractivity contribution in [2.75, 3.05) is 13.1 Å². The van der Waals surface area contributed by atoms with Gasteiger partial charge in [0.1, 0.15) is 0 Å². The van der Waals surface area contributed by atoms with Gasteiger partial charge in [0.05, 0.1) is 0 Å². The van der Waals surface area contributed by atoms with Gasteiger partial charge in [-0.2, -0.15) is 0 Å². The van der Waals surface area contributed by atoms with E-state index in [1.165, 1.54) is 0 Å². The number of hydrogen-bond donors (Lipinski definition) is 0. The van der Waals surface area contributed by atoms with E-state index in [9.17, 15) is 4.79 Å². The molecule has 0 N–H and O–H groups in total. The molecule has 2 heteroatoms. The molecule has 45 valence electrons. The van der Waals surface area contributed by atoms with E-state index in [-0.39, 0.29) is 5.91 Å². The first-order chi connectivity index (χ1) is 3.80. The Balaban J connectivity index is 2.35. The van der Waals surface area contributed by atoms with Gasteiger partial charge in [-0.05, 0) is 12.8 Å².